The van der Waals surface area contributed by atoms with Gasteiger partial charge in [0.2, 0.25) is 11.8 Å². The average Bonchev–Trinajstić information content (AvgIpc) is 3.30. The monoisotopic (exact) mass is 412 g/mol. The molecule has 1 aromatic carbocycles. The number of likely N-dealkylation sites (N-methyl/N-ethyl adjacent to an activating group) is 1. The standard InChI is InChI=1S/C24H36N4O2/c1-17(2)22-25-26-23(30-22)20-15-27(5)16-24(20)10-12-28(13-11-24)14-19-8-6-7-9-21(19)29-18(3)4/h6-9,17-18,20H,10-16H2,1-5H3. The number of likely N-dealkylation sites (tertiary alicyclic amines) is 2. The molecule has 0 aliphatic carbocycles. The van der Waals surface area contributed by atoms with Crippen molar-refractivity contribution < 1.29 is 9.15 Å². The van der Waals surface area contributed by atoms with Crippen LogP contribution in [0.1, 0.15) is 69.7 Å². The van der Waals surface area contributed by atoms with Gasteiger partial charge in [-0.3, -0.25) is 4.90 Å². The second kappa shape index (κ2) is 8.67. The van der Waals surface area contributed by atoms with Crippen molar-refractivity contribution in [2.75, 3.05) is 33.2 Å². The van der Waals surface area contributed by atoms with E-state index < -0.39 is 0 Å². The SMILES string of the molecule is CC(C)Oc1ccccc1CN1CCC2(CC1)CN(C)CC2c1nnc(C(C)C)o1. The topological polar surface area (TPSA) is 54.6 Å². The Bertz CT molecular complexity index is 839. The summed E-state index contributed by atoms with van der Waals surface area (Å²) in [6, 6.07) is 8.45. The zero-order valence-electron chi connectivity index (χ0n) is 19.1. The van der Waals surface area contributed by atoms with Crippen LogP contribution in [0.4, 0.5) is 0 Å². The minimum Gasteiger partial charge on any atom is -0.491 e. The number of para-hydroxylation sites is 1. The second-order valence-corrected chi connectivity index (χ2v) is 9.80. The number of benzene rings is 1. The van der Waals surface area contributed by atoms with Gasteiger partial charge in [-0.2, -0.15) is 0 Å². The Kier molecular flexibility index (Phi) is 6.16. The van der Waals surface area contributed by atoms with E-state index in [0.29, 0.717) is 5.92 Å². The molecule has 2 aliphatic rings. The molecule has 6 heteroatoms. The van der Waals surface area contributed by atoms with E-state index in [4.69, 9.17) is 9.15 Å². The van der Waals surface area contributed by atoms with E-state index in [0.717, 1.165) is 63.1 Å². The molecule has 0 amide bonds. The Morgan fingerprint density at radius 1 is 1.13 bits per heavy atom. The molecule has 4 rings (SSSR count). The van der Waals surface area contributed by atoms with Crippen molar-refractivity contribution in [1.29, 1.82) is 0 Å². The van der Waals surface area contributed by atoms with Crippen LogP contribution in [-0.4, -0.2) is 59.3 Å². The van der Waals surface area contributed by atoms with E-state index in [1.807, 2.05) is 0 Å². The van der Waals surface area contributed by atoms with Gasteiger partial charge in [0.15, 0.2) is 0 Å². The summed E-state index contributed by atoms with van der Waals surface area (Å²) in [5.74, 6) is 3.22. The molecule has 0 N–H and O–H groups in total. The molecule has 1 spiro atoms. The Balaban J connectivity index is 1.45. The van der Waals surface area contributed by atoms with Crippen LogP contribution in [0.2, 0.25) is 0 Å². The van der Waals surface area contributed by atoms with Crippen LogP contribution in [0.5, 0.6) is 5.75 Å². The molecule has 0 bridgehead atoms. The van der Waals surface area contributed by atoms with Crippen molar-refractivity contribution in [2.45, 2.75) is 65.0 Å². The molecule has 164 valence electrons. The minimum atomic E-state index is 0.190. The molecule has 0 saturated carbocycles. The largest absolute Gasteiger partial charge is 0.491 e. The predicted molar refractivity (Wildman–Crippen MR) is 118 cm³/mol. The lowest BCUT2D eigenvalue weighted by Gasteiger charge is -2.42. The summed E-state index contributed by atoms with van der Waals surface area (Å²) in [5, 5.41) is 8.76. The number of nitrogens with zero attached hydrogens (tertiary/aromatic N) is 4. The lowest BCUT2D eigenvalue weighted by Crippen LogP contribution is -2.43. The minimum absolute atomic E-state index is 0.190. The lowest BCUT2D eigenvalue weighted by atomic mass is 9.70. The van der Waals surface area contributed by atoms with Gasteiger partial charge in [-0.25, -0.2) is 0 Å². The van der Waals surface area contributed by atoms with Gasteiger partial charge in [0.05, 0.1) is 12.0 Å². The van der Waals surface area contributed by atoms with Crippen molar-refractivity contribution >= 4 is 0 Å². The first-order valence-electron chi connectivity index (χ1n) is 11.3. The fourth-order valence-corrected chi connectivity index (χ4v) is 5.09. The molecule has 1 unspecified atom stereocenters. The molecule has 1 atom stereocenters. The molecular formula is C24H36N4O2. The Labute approximate surface area is 180 Å². The summed E-state index contributed by atoms with van der Waals surface area (Å²) in [6.45, 7) is 13.6. The second-order valence-electron chi connectivity index (χ2n) is 9.80. The predicted octanol–water partition coefficient (Wildman–Crippen LogP) is 4.29. The number of ether oxygens (including phenoxy) is 1. The first-order chi connectivity index (χ1) is 14.4. The third kappa shape index (κ3) is 4.40. The van der Waals surface area contributed by atoms with Crippen molar-refractivity contribution in [3.8, 4) is 5.75 Å². The summed E-state index contributed by atoms with van der Waals surface area (Å²) in [6.07, 6.45) is 2.51. The van der Waals surface area contributed by atoms with Gasteiger partial charge >= 0.3 is 0 Å². The highest BCUT2D eigenvalue weighted by atomic mass is 16.5. The van der Waals surface area contributed by atoms with Crippen LogP contribution >= 0.6 is 0 Å². The normalized spacial score (nSPS) is 22.4. The first-order valence-corrected chi connectivity index (χ1v) is 11.3. The average molecular weight is 413 g/mol. The molecule has 0 radical (unpaired) electrons. The van der Waals surface area contributed by atoms with Crippen molar-refractivity contribution in [2.24, 2.45) is 5.41 Å². The number of aromatic nitrogens is 2. The Morgan fingerprint density at radius 2 is 1.87 bits per heavy atom. The Morgan fingerprint density at radius 3 is 2.53 bits per heavy atom. The smallest absolute Gasteiger partial charge is 0.221 e. The van der Waals surface area contributed by atoms with Crippen LogP contribution in [0.25, 0.3) is 0 Å². The highest BCUT2D eigenvalue weighted by molar-refractivity contribution is 5.33. The molecule has 30 heavy (non-hydrogen) atoms. The van der Waals surface area contributed by atoms with Gasteiger partial charge in [-0.15, -0.1) is 10.2 Å². The molecule has 2 aliphatic heterocycles. The van der Waals surface area contributed by atoms with Crippen molar-refractivity contribution in [3.63, 3.8) is 0 Å². The first kappa shape index (κ1) is 21.3. The summed E-state index contributed by atoms with van der Waals surface area (Å²) in [4.78, 5) is 5.00. The van der Waals surface area contributed by atoms with Crippen molar-refractivity contribution in [3.05, 3.63) is 41.6 Å². The molecular weight excluding hydrogens is 376 g/mol. The summed E-state index contributed by atoms with van der Waals surface area (Å²) >= 11 is 0. The van der Waals surface area contributed by atoms with Crippen LogP contribution in [0.3, 0.4) is 0 Å². The maximum absolute atomic E-state index is 6.10. The lowest BCUT2D eigenvalue weighted by molar-refractivity contribution is 0.0863. The highest BCUT2D eigenvalue weighted by Crippen LogP contribution is 2.49. The van der Waals surface area contributed by atoms with Crippen LogP contribution in [0, 0.1) is 5.41 Å². The molecule has 1 aromatic heterocycles. The number of piperidine rings is 1. The zero-order chi connectivity index (χ0) is 21.3. The quantitative estimate of drug-likeness (QED) is 0.705. The van der Waals surface area contributed by atoms with E-state index in [9.17, 15) is 0 Å². The Hall–Kier alpha value is -1.92. The number of rotatable bonds is 6. The summed E-state index contributed by atoms with van der Waals surface area (Å²) in [5.41, 5.74) is 1.51. The van der Waals surface area contributed by atoms with Crippen molar-refractivity contribution in [1.82, 2.24) is 20.0 Å². The van der Waals surface area contributed by atoms with Gasteiger partial charge in [0.25, 0.3) is 0 Å². The van der Waals surface area contributed by atoms with Gasteiger partial charge < -0.3 is 14.1 Å². The van der Waals surface area contributed by atoms with E-state index in [1.54, 1.807) is 0 Å². The maximum atomic E-state index is 6.10. The van der Waals surface area contributed by atoms with E-state index >= 15 is 0 Å². The maximum Gasteiger partial charge on any atom is 0.221 e. The fourth-order valence-electron chi connectivity index (χ4n) is 5.09. The van der Waals surface area contributed by atoms with Gasteiger partial charge in [-0.1, -0.05) is 32.0 Å². The van der Waals surface area contributed by atoms with Gasteiger partial charge in [0.1, 0.15) is 5.75 Å². The van der Waals surface area contributed by atoms with Crippen LogP contribution < -0.4 is 4.74 Å². The molecule has 3 heterocycles. The number of hydrogen-bond donors (Lipinski definition) is 0. The van der Waals surface area contributed by atoms with Crippen LogP contribution in [0.15, 0.2) is 28.7 Å². The molecule has 6 nitrogen and oxygen atoms in total. The summed E-state index contributed by atoms with van der Waals surface area (Å²) in [7, 11) is 2.22. The third-order valence-electron chi connectivity index (χ3n) is 6.65. The van der Waals surface area contributed by atoms with Crippen LogP contribution in [-0.2, 0) is 6.54 Å². The summed E-state index contributed by atoms with van der Waals surface area (Å²) < 4.78 is 12.1. The van der Waals surface area contributed by atoms with E-state index in [-0.39, 0.29) is 17.4 Å². The number of hydrogen-bond acceptors (Lipinski definition) is 6. The van der Waals surface area contributed by atoms with Gasteiger partial charge in [-0.05, 0) is 58.3 Å². The fraction of sp³-hybridized carbons (Fsp3) is 0.667. The van der Waals surface area contributed by atoms with Gasteiger partial charge in [0, 0.05) is 31.1 Å². The highest BCUT2D eigenvalue weighted by Gasteiger charge is 2.50. The molecule has 2 saturated heterocycles. The molecule has 2 fully saturated rings. The van der Waals surface area contributed by atoms with E-state index in [1.165, 1.54) is 5.56 Å². The third-order valence-corrected chi connectivity index (χ3v) is 6.65. The van der Waals surface area contributed by atoms with E-state index in [2.05, 4.69) is 79.0 Å². The molecule has 2 aromatic rings. The zero-order valence-corrected chi connectivity index (χ0v) is 19.1.